The van der Waals surface area contributed by atoms with Crippen molar-refractivity contribution in [2.45, 2.75) is 33.7 Å². The zero-order chi connectivity index (χ0) is 13.1. The number of hydrogen-bond acceptors (Lipinski definition) is 4. The molecule has 0 amide bonds. The second-order valence-electron chi connectivity index (χ2n) is 4.07. The number of imidazole rings is 1. The SMILES string of the molecule is CCc1nnc(C)cc1C(=O)c1nccn1CC. The maximum absolute atomic E-state index is 12.5. The maximum atomic E-state index is 12.5. The summed E-state index contributed by atoms with van der Waals surface area (Å²) in [5.41, 5.74) is 2.06. The van der Waals surface area contributed by atoms with Crippen molar-refractivity contribution in [1.29, 1.82) is 0 Å². The largest absolute Gasteiger partial charge is 0.328 e. The molecular formula is C13H16N4O. The van der Waals surface area contributed by atoms with Gasteiger partial charge in [0.15, 0.2) is 5.82 Å². The number of ketones is 1. The van der Waals surface area contributed by atoms with Gasteiger partial charge in [0.05, 0.1) is 17.0 Å². The fraction of sp³-hybridized carbons (Fsp3) is 0.385. The number of aryl methyl sites for hydroxylation is 3. The molecule has 2 aromatic rings. The maximum Gasteiger partial charge on any atom is 0.230 e. The van der Waals surface area contributed by atoms with E-state index in [-0.39, 0.29) is 5.78 Å². The molecule has 0 saturated carbocycles. The first-order chi connectivity index (χ1) is 8.67. The van der Waals surface area contributed by atoms with Crippen LogP contribution in [0, 0.1) is 6.92 Å². The lowest BCUT2D eigenvalue weighted by Crippen LogP contribution is -2.14. The Morgan fingerprint density at radius 3 is 2.78 bits per heavy atom. The minimum Gasteiger partial charge on any atom is -0.328 e. The van der Waals surface area contributed by atoms with Gasteiger partial charge >= 0.3 is 0 Å². The first-order valence-electron chi connectivity index (χ1n) is 6.06. The number of rotatable bonds is 4. The second-order valence-corrected chi connectivity index (χ2v) is 4.07. The summed E-state index contributed by atoms with van der Waals surface area (Å²) in [6.45, 7) is 6.49. The van der Waals surface area contributed by atoms with Gasteiger partial charge in [-0.1, -0.05) is 6.92 Å². The fourth-order valence-electron chi connectivity index (χ4n) is 1.87. The normalized spacial score (nSPS) is 10.6. The quantitative estimate of drug-likeness (QED) is 0.769. The highest BCUT2D eigenvalue weighted by Crippen LogP contribution is 2.13. The van der Waals surface area contributed by atoms with Crippen LogP contribution in [0.1, 0.15) is 41.4 Å². The van der Waals surface area contributed by atoms with E-state index in [0.29, 0.717) is 17.8 Å². The van der Waals surface area contributed by atoms with Crippen molar-refractivity contribution < 1.29 is 4.79 Å². The molecule has 0 aromatic carbocycles. The van der Waals surface area contributed by atoms with Gasteiger partial charge in [-0.15, -0.1) is 0 Å². The van der Waals surface area contributed by atoms with E-state index in [2.05, 4.69) is 15.2 Å². The van der Waals surface area contributed by atoms with Crippen LogP contribution in [0.15, 0.2) is 18.5 Å². The molecule has 0 fully saturated rings. The highest BCUT2D eigenvalue weighted by atomic mass is 16.1. The van der Waals surface area contributed by atoms with Crippen LogP contribution in [0.2, 0.25) is 0 Å². The molecule has 0 unspecified atom stereocenters. The number of aromatic nitrogens is 4. The van der Waals surface area contributed by atoms with Crippen molar-refractivity contribution in [3.05, 3.63) is 41.2 Å². The lowest BCUT2D eigenvalue weighted by atomic mass is 10.1. The first kappa shape index (κ1) is 12.4. The monoisotopic (exact) mass is 244 g/mol. The van der Waals surface area contributed by atoms with Crippen molar-refractivity contribution >= 4 is 5.78 Å². The smallest absolute Gasteiger partial charge is 0.230 e. The van der Waals surface area contributed by atoms with E-state index in [4.69, 9.17) is 0 Å². The molecule has 0 aliphatic heterocycles. The van der Waals surface area contributed by atoms with Crippen LogP contribution in [0.5, 0.6) is 0 Å². The summed E-state index contributed by atoms with van der Waals surface area (Å²) < 4.78 is 1.83. The van der Waals surface area contributed by atoms with Crippen molar-refractivity contribution in [2.75, 3.05) is 0 Å². The van der Waals surface area contributed by atoms with Crippen molar-refractivity contribution in [2.24, 2.45) is 0 Å². The molecule has 0 aliphatic rings. The predicted molar refractivity (Wildman–Crippen MR) is 67.5 cm³/mol. The molecular weight excluding hydrogens is 228 g/mol. The molecule has 5 nitrogen and oxygen atoms in total. The summed E-state index contributed by atoms with van der Waals surface area (Å²) in [5, 5.41) is 8.06. The predicted octanol–water partition coefficient (Wildman–Crippen LogP) is 1.79. The van der Waals surface area contributed by atoms with Gasteiger partial charge in [-0.3, -0.25) is 4.79 Å². The van der Waals surface area contributed by atoms with Crippen LogP contribution in [0.4, 0.5) is 0 Å². The highest BCUT2D eigenvalue weighted by molar-refractivity contribution is 6.07. The Balaban J connectivity index is 2.48. The molecule has 0 radical (unpaired) electrons. The molecule has 2 rings (SSSR count). The van der Waals surface area contributed by atoms with Crippen molar-refractivity contribution in [3.8, 4) is 0 Å². The Morgan fingerprint density at radius 2 is 2.11 bits per heavy atom. The van der Waals surface area contributed by atoms with E-state index in [9.17, 15) is 4.79 Å². The van der Waals surface area contributed by atoms with Gasteiger partial charge in [0, 0.05) is 18.9 Å². The van der Waals surface area contributed by atoms with Crippen molar-refractivity contribution in [3.63, 3.8) is 0 Å². The van der Waals surface area contributed by atoms with E-state index in [1.54, 1.807) is 18.5 Å². The standard InChI is InChI=1S/C13H16N4O/c1-4-11-10(8-9(3)15-16-11)12(18)13-14-6-7-17(13)5-2/h6-8H,4-5H2,1-3H3. The zero-order valence-corrected chi connectivity index (χ0v) is 10.8. The van der Waals surface area contributed by atoms with E-state index < -0.39 is 0 Å². The summed E-state index contributed by atoms with van der Waals surface area (Å²) >= 11 is 0. The van der Waals surface area contributed by atoms with Crippen LogP contribution in [-0.2, 0) is 13.0 Å². The Morgan fingerprint density at radius 1 is 1.33 bits per heavy atom. The van der Waals surface area contributed by atoms with Gasteiger partial charge in [-0.2, -0.15) is 10.2 Å². The molecule has 0 aliphatic carbocycles. The molecule has 94 valence electrons. The van der Waals surface area contributed by atoms with Crippen LogP contribution in [0.3, 0.4) is 0 Å². The lowest BCUT2D eigenvalue weighted by Gasteiger charge is -2.07. The molecule has 18 heavy (non-hydrogen) atoms. The number of carbonyl (C=O) groups excluding carboxylic acids is 1. The van der Waals surface area contributed by atoms with Crippen LogP contribution in [-0.4, -0.2) is 25.5 Å². The fourth-order valence-corrected chi connectivity index (χ4v) is 1.87. The summed E-state index contributed by atoms with van der Waals surface area (Å²) in [7, 11) is 0. The summed E-state index contributed by atoms with van der Waals surface area (Å²) in [5.74, 6) is 0.372. The molecule has 0 N–H and O–H groups in total. The second kappa shape index (κ2) is 5.08. The van der Waals surface area contributed by atoms with Gasteiger partial charge in [0.2, 0.25) is 5.78 Å². The molecule has 2 aromatic heterocycles. The molecule has 5 heteroatoms. The third-order valence-corrected chi connectivity index (χ3v) is 2.83. The topological polar surface area (TPSA) is 60.7 Å². The van der Waals surface area contributed by atoms with Crippen molar-refractivity contribution in [1.82, 2.24) is 19.7 Å². The average Bonchev–Trinajstić information content (AvgIpc) is 2.86. The molecule has 0 spiro atoms. The van der Waals surface area contributed by atoms with Crippen LogP contribution >= 0.6 is 0 Å². The summed E-state index contributed by atoms with van der Waals surface area (Å²) in [6, 6.07) is 1.78. The van der Waals surface area contributed by atoms with Gasteiger partial charge in [0.25, 0.3) is 0 Å². The third-order valence-electron chi connectivity index (χ3n) is 2.83. The lowest BCUT2D eigenvalue weighted by molar-refractivity contribution is 0.102. The molecule has 0 atom stereocenters. The number of carbonyl (C=O) groups is 1. The summed E-state index contributed by atoms with van der Waals surface area (Å²) in [6.07, 6.45) is 4.13. The van der Waals surface area contributed by atoms with E-state index in [0.717, 1.165) is 17.9 Å². The van der Waals surface area contributed by atoms with Crippen LogP contribution in [0.25, 0.3) is 0 Å². The minimum atomic E-state index is -0.0864. The van der Waals surface area contributed by atoms with Gasteiger partial charge in [-0.25, -0.2) is 4.98 Å². The number of nitrogens with zero attached hydrogens (tertiary/aromatic N) is 4. The Hall–Kier alpha value is -2.04. The van der Waals surface area contributed by atoms with E-state index >= 15 is 0 Å². The Bertz CT molecular complexity index is 574. The minimum absolute atomic E-state index is 0.0864. The Kier molecular flexibility index (Phi) is 3.50. The average molecular weight is 244 g/mol. The van der Waals surface area contributed by atoms with E-state index in [1.807, 2.05) is 25.3 Å². The molecule has 2 heterocycles. The number of hydrogen-bond donors (Lipinski definition) is 0. The molecule has 0 bridgehead atoms. The van der Waals surface area contributed by atoms with Gasteiger partial charge < -0.3 is 4.57 Å². The third kappa shape index (κ3) is 2.16. The van der Waals surface area contributed by atoms with E-state index in [1.165, 1.54) is 0 Å². The van der Waals surface area contributed by atoms with Crippen LogP contribution < -0.4 is 0 Å². The van der Waals surface area contributed by atoms with Gasteiger partial charge in [-0.05, 0) is 26.3 Å². The molecule has 0 saturated heterocycles. The summed E-state index contributed by atoms with van der Waals surface area (Å²) in [4.78, 5) is 16.6. The Labute approximate surface area is 106 Å². The van der Waals surface area contributed by atoms with Gasteiger partial charge in [0.1, 0.15) is 0 Å². The zero-order valence-electron chi connectivity index (χ0n) is 10.8. The first-order valence-corrected chi connectivity index (χ1v) is 6.06. The highest BCUT2D eigenvalue weighted by Gasteiger charge is 2.18.